The maximum Gasteiger partial charge on any atom is 0.407 e. The van der Waals surface area contributed by atoms with Gasteiger partial charge in [-0.3, -0.25) is 4.79 Å². The molecule has 1 aliphatic rings. The van der Waals surface area contributed by atoms with E-state index in [1.165, 1.54) is 12.4 Å². The Morgan fingerprint density at radius 1 is 1.00 bits per heavy atom. The van der Waals surface area contributed by atoms with Crippen LogP contribution in [-0.2, 0) is 16.1 Å². The number of hydrogen-bond donors (Lipinski definition) is 3. The largest absolute Gasteiger partial charge is 0.478 e. The van der Waals surface area contributed by atoms with Crippen molar-refractivity contribution in [2.75, 3.05) is 6.61 Å². The number of amides is 2. The summed E-state index contributed by atoms with van der Waals surface area (Å²) >= 11 is 0. The molecule has 3 aromatic rings. The molecule has 2 amide bonds. The summed E-state index contributed by atoms with van der Waals surface area (Å²) in [5.74, 6) is -1.36. The minimum absolute atomic E-state index is 0.00159. The predicted octanol–water partition coefficient (Wildman–Crippen LogP) is 3.11. The fourth-order valence-corrected chi connectivity index (χ4v) is 3.98. The topological polar surface area (TPSA) is 131 Å². The van der Waals surface area contributed by atoms with E-state index in [4.69, 9.17) is 9.84 Å². The summed E-state index contributed by atoms with van der Waals surface area (Å²) in [7, 11) is 0. The number of hydrogen-bond acceptors (Lipinski definition) is 6. The van der Waals surface area contributed by atoms with E-state index in [-0.39, 0.29) is 30.5 Å². The van der Waals surface area contributed by atoms with Crippen LogP contribution in [0.15, 0.2) is 60.9 Å². The first kappa shape index (κ1) is 22.9. The molecule has 0 aliphatic heterocycles. The van der Waals surface area contributed by atoms with Crippen molar-refractivity contribution in [1.82, 2.24) is 20.6 Å². The summed E-state index contributed by atoms with van der Waals surface area (Å²) < 4.78 is 5.51. The molecule has 4 rings (SSSR count). The highest BCUT2D eigenvalue weighted by Crippen LogP contribution is 2.44. The number of benzene rings is 2. The average Bonchev–Trinajstić information content (AvgIpc) is 3.18. The minimum atomic E-state index is -1.13. The zero-order valence-electron chi connectivity index (χ0n) is 18.5. The Hall–Kier alpha value is -4.27. The number of carbonyl (C=O) groups excluding carboxylic acids is 2. The maximum atomic E-state index is 12.5. The van der Waals surface area contributed by atoms with Crippen LogP contribution < -0.4 is 10.6 Å². The number of ether oxygens (including phenoxy) is 1. The van der Waals surface area contributed by atoms with Crippen LogP contribution in [0.4, 0.5) is 4.79 Å². The van der Waals surface area contributed by atoms with Crippen molar-refractivity contribution >= 4 is 18.0 Å². The van der Waals surface area contributed by atoms with Gasteiger partial charge in [0.15, 0.2) is 0 Å². The van der Waals surface area contributed by atoms with E-state index in [0.29, 0.717) is 6.42 Å². The molecule has 2 aromatic carbocycles. The first-order chi connectivity index (χ1) is 16.5. The van der Waals surface area contributed by atoms with Crippen molar-refractivity contribution in [3.8, 4) is 11.1 Å². The van der Waals surface area contributed by atoms with Crippen molar-refractivity contribution in [3.63, 3.8) is 0 Å². The lowest BCUT2D eigenvalue weighted by atomic mass is 9.98. The molecule has 0 saturated carbocycles. The molecule has 9 heteroatoms. The summed E-state index contributed by atoms with van der Waals surface area (Å²) in [6.07, 6.45) is 2.02. The molecule has 1 heterocycles. The van der Waals surface area contributed by atoms with Crippen LogP contribution in [0.25, 0.3) is 11.1 Å². The first-order valence-electron chi connectivity index (χ1n) is 10.9. The fourth-order valence-electron chi connectivity index (χ4n) is 3.98. The Balaban J connectivity index is 1.32. The van der Waals surface area contributed by atoms with Crippen molar-refractivity contribution in [2.24, 2.45) is 0 Å². The van der Waals surface area contributed by atoms with Crippen molar-refractivity contribution < 1.29 is 24.2 Å². The SMILES string of the molecule is CCC(NC(=O)OCC1c2ccccc2-c2ccccc21)C(=O)NCc1ncc(C(=O)O)cn1. The Morgan fingerprint density at radius 3 is 2.15 bits per heavy atom. The highest BCUT2D eigenvalue weighted by molar-refractivity contribution is 5.87. The summed E-state index contributed by atoms with van der Waals surface area (Å²) in [5.41, 5.74) is 4.44. The van der Waals surface area contributed by atoms with Crippen LogP contribution >= 0.6 is 0 Å². The smallest absolute Gasteiger partial charge is 0.407 e. The zero-order chi connectivity index (χ0) is 24.1. The van der Waals surface area contributed by atoms with E-state index in [1.54, 1.807) is 6.92 Å². The standard InChI is InChI=1S/C25H24N4O5/c1-2-21(23(30)28-13-22-26-11-15(12-27-22)24(31)32)29-25(33)34-14-20-18-9-5-3-7-16(18)17-8-4-6-10-19(17)20/h3-12,20-21H,2,13-14H2,1H3,(H,28,30)(H,29,33)(H,31,32). The van der Waals surface area contributed by atoms with Gasteiger partial charge in [-0.2, -0.15) is 0 Å². The molecule has 0 fully saturated rings. The van der Waals surface area contributed by atoms with Gasteiger partial charge in [0.25, 0.3) is 0 Å². The molecule has 3 N–H and O–H groups in total. The average molecular weight is 460 g/mol. The molecule has 0 saturated heterocycles. The van der Waals surface area contributed by atoms with Gasteiger partial charge in [-0.15, -0.1) is 0 Å². The number of alkyl carbamates (subject to hydrolysis) is 1. The fraction of sp³-hybridized carbons (Fsp3) is 0.240. The van der Waals surface area contributed by atoms with E-state index in [2.05, 4.69) is 32.7 Å². The molecule has 34 heavy (non-hydrogen) atoms. The number of carboxylic acid groups (broad SMARTS) is 1. The number of aromatic nitrogens is 2. The van der Waals surface area contributed by atoms with Gasteiger partial charge < -0.3 is 20.5 Å². The minimum Gasteiger partial charge on any atom is -0.478 e. The summed E-state index contributed by atoms with van der Waals surface area (Å²) in [6.45, 7) is 1.93. The number of rotatable bonds is 8. The summed E-state index contributed by atoms with van der Waals surface area (Å²) in [6, 6.07) is 15.3. The van der Waals surface area contributed by atoms with Crippen LogP contribution in [0.5, 0.6) is 0 Å². The van der Waals surface area contributed by atoms with Crippen LogP contribution in [0.3, 0.4) is 0 Å². The summed E-state index contributed by atoms with van der Waals surface area (Å²) in [4.78, 5) is 43.7. The van der Waals surface area contributed by atoms with E-state index in [1.807, 2.05) is 36.4 Å². The first-order valence-corrected chi connectivity index (χ1v) is 10.9. The van der Waals surface area contributed by atoms with E-state index < -0.39 is 24.0 Å². The highest BCUT2D eigenvalue weighted by atomic mass is 16.5. The van der Waals surface area contributed by atoms with E-state index in [0.717, 1.165) is 22.3 Å². The Morgan fingerprint density at radius 2 is 1.59 bits per heavy atom. The van der Waals surface area contributed by atoms with Crippen LogP contribution in [0.2, 0.25) is 0 Å². The van der Waals surface area contributed by atoms with E-state index in [9.17, 15) is 14.4 Å². The zero-order valence-corrected chi connectivity index (χ0v) is 18.5. The maximum absolute atomic E-state index is 12.5. The van der Waals surface area contributed by atoms with Gasteiger partial charge in [-0.05, 0) is 28.7 Å². The van der Waals surface area contributed by atoms with Gasteiger partial charge in [-0.25, -0.2) is 19.6 Å². The van der Waals surface area contributed by atoms with Crippen molar-refractivity contribution in [2.45, 2.75) is 31.8 Å². The third-order valence-electron chi connectivity index (χ3n) is 5.73. The molecule has 1 unspecified atom stereocenters. The van der Waals surface area contributed by atoms with Gasteiger partial charge in [0.1, 0.15) is 18.5 Å². The highest BCUT2D eigenvalue weighted by Gasteiger charge is 2.29. The third kappa shape index (κ3) is 4.88. The Labute approximate surface area is 196 Å². The molecule has 9 nitrogen and oxygen atoms in total. The van der Waals surface area contributed by atoms with Crippen molar-refractivity contribution in [3.05, 3.63) is 83.4 Å². The van der Waals surface area contributed by atoms with E-state index >= 15 is 0 Å². The molecule has 1 aromatic heterocycles. The molecule has 1 atom stereocenters. The molecule has 0 spiro atoms. The lowest BCUT2D eigenvalue weighted by Gasteiger charge is -2.18. The van der Waals surface area contributed by atoms with Crippen LogP contribution in [0, 0.1) is 0 Å². The lowest BCUT2D eigenvalue weighted by molar-refractivity contribution is -0.123. The van der Waals surface area contributed by atoms with Crippen molar-refractivity contribution in [1.29, 1.82) is 0 Å². The number of fused-ring (bicyclic) bond motifs is 3. The second-order valence-electron chi connectivity index (χ2n) is 7.84. The number of carbonyl (C=O) groups is 3. The quantitative estimate of drug-likeness (QED) is 0.471. The predicted molar refractivity (Wildman–Crippen MR) is 123 cm³/mol. The number of nitrogens with zero attached hydrogens (tertiary/aromatic N) is 2. The second kappa shape index (κ2) is 10.1. The lowest BCUT2D eigenvalue weighted by Crippen LogP contribution is -2.46. The Bertz CT molecular complexity index is 1170. The molecule has 0 radical (unpaired) electrons. The Kier molecular flexibility index (Phi) is 6.82. The molecular formula is C25H24N4O5. The van der Waals surface area contributed by atoms with Crippen LogP contribution in [0.1, 0.15) is 46.6 Å². The number of carboxylic acids is 1. The third-order valence-corrected chi connectivity index (χ3v) is 5.73. The molecule has 0 bridgehead atoms. The number of aromatic carboxylic acids is 1. The van der Waals surface area contributed by atoms with Gasteiger partial charge in [0, 0.05) is 18.3 Å². The second-order valence-corrected chi connectivity index (χ2v) is 7.84. The molecule has 174 valence electrons. The molecular weight excluding hydrogens is 436 g/mol. The van der Waals surface area contributed by atoms with Gasteiger partial charge in [0.2, 0.25) is 5.91 Å². The van der Waals surface area contributed by atoms with Gasteiger partial charge >= 0.3 is 12.1 Å². The van der Waals surface area contributed by atoms with Gasteiger partial charge in [-0.1, -0.05) is 55.5 Å². The normalized spacial score (nSPS) is 12.9. The summed E-state index contributed by atoms with van der Waals surface area (Å²) in [5, 5.41) is 14.1. The number of nitrogens with one attached hydrogen (secondary N) is 2. The monoisotopic (exact) mass is 460 g/mol. The van der Waals surface area contributed by atoms with Gasteiger partial charge in [0.05, 0.1) is 12.1 Å². The van der Waals surface area contributed by atoms with Crippen LogP contribution in [-0.4, -0.2) is 45.7 Å². The molecule has 1 aliphatic carbocycles.